The van der Waals surface area contributed by atoms with Crippen molar-refractivity contribution in [2.45, 2.75) is 25.7 Å². The first-order valence-electron chi connectivity index (χ1n) is 5.49. The Morgan fingerprint density at radius 2 is 2.33 bits per heavy atom. The lowest BCUT2D eigenvalue weighted by molar-refractivity contribution is -0.150. The van der Waals surface area contributed by atoms with Gasteiger partial charge in [0, 0.05) is 12.3 Å². The standard InChI is InChI=1S/C12H16O3/c1-15-12(14)9-6-8-4-2-3-5-10(8)11(13)7-9/h2,4,8-10H,3,5-7H2,1H3/t8-,9+,10+/m1/s1. The number of esters is 1. The van der Waals surface area contributed by atoms with Crippen molar-refractivity contribution in [1.82, 2.24) is 0 Å². The fourth-order valence-electron chi connectivity index (χ4n) is 2.69. The minimum absolute atomic E-state index is 0.163. The molecule has 3 atom stereocenters. The summed E-state index contributed by atoms with van der Waals surface area (Å²) in [6, 6.07) is 0. The van der Waals surface area contributed by atoms with Crippen LogP contribution >= 0.6 is 0 Å². The van der Waals surface area contributed by atoms with Crippen LogP contribution < -0.4 is 0 Å². The predicted molar refractivity (Wildman–Crippen MR) is 55.1 cm³/mol. The Hall–Kier alpha value is -1.12. The zero-order valence-corrected chi connectivity index (χ0v) is 8.94. The third-order valence-electron chi connectivity index (χ3n) is 3.50. The fourth-order valence-corrected chi connectivity index (χ4v) is 2.69. The number of ether oxygens (including phenoxy) is 1. The monoisotopic (exact) mass is 208 g/mol. The summed E-state index contributed by atoms with van der Waals surface area (Å²) in [5.41, 5.74) is 0. The molecule has 0 aliphatic heterocycles. The van der Waals surface area contributed by atoms with E-state index in [4.69, 9.17) is 4.74 Å². The average Bonchev–Trinajstić information content (AvgIpc) is 2.28. The summed E-state index contributed by atoms with van der Waals surface area (Å²) in [5.74, 6) is 0.221. The van der Waals surface area contributed by atoms with Gasteiger partial charge in [0.2, 0.25) is 0 Å². The van der Waals surface area contributed by atoms with Crippen LogP contribution in [0.2, 0.25) is 0 Å². The number of Topliss-reactive ketones (excluding diaryl/α,β-unsaturated/α-hetero) is 1. The van der Waals surface area contributed by atoms with Gasteiger partial charge >= 0.3 is 5.97 Å². The highest BCUT2D eigenvalue weighted by molar-refractivity contribution is 5.88. The van der Waals surface area contributed by atoms with Crippen LogP contribution in [0, 0.1) is 17.8 Å². The minimum atomic E-state index is -0.235. The molecule has 2 aliphatic rings. The quantitative estimate of drug-likeness (QED) is 0.487. The zero-order chi connectivity index (χ0) is 10.8. The van der Waals surface area contributed by atoms with Crippen molar-refractivity contribution in [3.63, 3.8) is 0 Å². The molecule has 3 heteroatoms. The second kappa shape index (κ2) is 4.17. The van der Waals surface area contributed by atoms with Crippen molar-refractivity contribution in [1.29, 1.82) is 0 Å². The third kappa shape index (κ3) is 1.96. The summed E-state index contributed by atoms with van der Waals surface area (Å²) in [5, 5.41) is 0. The predicted octanol–water partition coefficient (Wildman–Crippen LogP) is 1.72. The molecular formula is C12H16O3. The molecule has 2 rings (SSSR count). The molecule has 0 heterocycles. The first-order valence-corrected chi connectivity index (χ1v) is 5.49. The molecule has 0 bridgehead atoms. The van der Waals surface area contributed by atoms with E-state index in [1.807, 2.05) is 0 Å². The molecule has 0 aromatic carbocycles. The summed E-state index contributed by atoms with van der Waals surface area (Å²) in [6.07, 6.45) is 7.32. The van der Waals surface area contributed by atoms with E-state index in [0.717, 1.165) is 19.3 Å². The molecule has 0 saturated heterocycles. The smallest absolute Gasteiger partial charge is 0.309 e. The molecular weight excluding hydrogens is 192 g/mol. The Morgan fingerprint density at radius 3 is 3.07 bits per heavy atom. The number of hydrogen-bond donors (Lipinski definition) is 0. The third-order valence-corrected chi connectivity index (χ3v) is 3.50. The van der Waals surface area contributed by atoms with Gasteiger partial charge in [-0.05, 0) is 25.2 Å². The number of methoxy groups -OCH3 is 1. The van der Waals surface area contributed by atoms with Gasteiger partial charge in [0.05, 0.1) is 13.0 Å². The maximum Gasteiger partial charge on any atom is 0.309 e. The van der Waals surface area contributed by atoms with Crippen molar-refractivity contribution in [3.8, 4) is 0 Å². The zero-order valence-electron chi connectivity index (χ0n) is 8.94. The first-order chi connectivity index (χ1) is 7.22. The second-order valence-corrected chi connectivity index (χ2v) is 4.40. The Kier molecular flexibility index (Phi) is 2.89. The van der Waals surface area contributed by atoms with Gasteiger partial charge in [0.1, 0.15) is 5.78 Å². The molecule has 0 spiro atoms. The molecule has 1 saturated carbocycles. The highest BCUT2D eigenvalue weighted by Gasteiger charge is 2.39. The maximum atomic E-state index is 11.8. The molecule has 2 aliphatic carbocycles. The van der Waals surface area contributed by atoms with Crippen molar-refractivity contribution in [3.05, 3.63) is 12.2 Å². The Bertz CT molecular complexity index is 306. The van der Waals surface area contributed by atoms with Crippen LogP contribution in [0.1, 0.15) is 25.7 Å². The van der Waals surface area contributed by atoms with Gasteiger partial charge in [-0.2, -0.15) is 0 Å². The molecule has 3 nitrogen and oxygen atoms in total. The lowest BCUT2D eigenvalue weighted by Gasteiger charge is -2.34. The highest BCUT2D eigenvalue weighted by atomic mass is 16.5. The van der Waals surface area contributed by atoms with E-state index in [1.165, 1.54) is 7.11 Å². The van der Waals surface area contributed by atoms with E-state index in [0.29, 0.717) is 6.42 Å². The summed E-state index contributed by atoms with van der Waals surface area (Å²) in [6.45, 7) is 0. The summed E-state index contributed by atoms with van der Waals surface area (Å²) < 4.78 is 4.70. The van der Waals surface area contributed by atoms with Gasteiger partial charge in [0.25, 0.3) is 0 Å². The van der Waals surface area contributed by atoms with Crippen LogP contribution in [-0.2, 0) is 14.3 Å². The molecule has 0 amide bonds. The number of fused-ring (bicyclic) bond motifs is 1. The van der Waals surface area contributed by atoms with Crippen molar-refractivity contribution >= 4 is 11.8 Å². The fraction of sp³-hybridized carbons (Fsp3) is 0.667. The molecule has 0 N–H and O–H groups in total. The molecule has 0 aromatic heterocycles. The molecule has 0 unspecified atom stereocenters. The first kappa shape index (κ1) is 10.4. The summed E-state index contributed by atoms with van der Waals surface area (Å²) >= 11 is 0. The van der Waals surface area contributed by atoms with E-state index in [2.05, 4.69) is 12.2 Å². The van der Waals surface area contributed by atoms with Crippen molar-refractivity contribution < 1.29 is 14.3 Å². The molecule has 1 fully saturated rings. The van der Waals surface area contributed by atoms with Crippen LogP contribution in [0.5, 0.6) is 0 Å². The Morgan fingerprint density at radius 1 is 1.53 bits per heavy atom. The summed E-state index contributed by atoms with van der Waals surface area (Å²) in [7, 11) is 1.38. The SMILES string of the molecule is COC(=O)[C@@H]1CC(=O)[C@H]2CCC=C[C@@H]2C1. The summed E-state index contributed by atoms with van der Waals surface area (Å²) in [4.78, 5) is 23.2. The van der Waals surface area contributed by atoms with Gasteiger partial charge < -0.3 is 4.74 Å². The van der Waals surface area contributed by atoms with Crippen molar-refractivity contribution in [2.75, 3.05) is 7.11 Å². The molecule has 0 aromatic rings. The van der Waals surface area contributed by atoms with Crippen LogP contribution in [0.25, 0.3) is 0 Å². The van der Waals surface area contributed by atoms with E-state index in [-0.39, 0.29) is 29.5 Å². The Balaban J connectivity index is 2.11. The normalized spacial score (nSPS) is 34.7. The van der Waals surface area contributed by atoms with E-state index < -0.39 is 0 Å². The van der Waals surface area contributed by atoms with Gasteiger partial charge in [0.15, 0.2) is 0 Å². The number of hydrogen-bond acceptors (Lipinski definition) is 3. The van der Waals surface area contributed by atoms with E-state index >= 15 is 0 Å². The highest BCUT2D eigenvalue weighted by Crippen LogP contribution is 2.37. The van der Waals surface area contributed by atoms with Gasteiger partial charge in [-0.1, -0.05) is 12.2 Å². The number of rotatable bonds is 1. The van der Waals surface area contributed by atoms with E-state index in [9.17, 15) is 9.59 Å². The molecule has 0 radical (unpaired) electrons. The number of carbonyl (C=O) groups is 2. The lowest BCUT2D eigenvalue weighted by Crippen LogP contribution is -2.36. The molecule has 15 heavy (non-hydrogen) atoms. The van der Waals surface area contributed by atoms with Gasteiger partial charge in [-0.3, -0.25) is 9.59 Å². The topological polar surface area (TPSA) is 43.4 Å². The van der Waals surface area contributed by atoms with Crippen LogP contribution in [0.15, 0.2) is 12.2 Å². The number of carbonyl (C=O) groups excluding carboxylic acids is 2. The van der Waals surface area contributed by atoms with Crippen LogP contribution in [0.3, 0.4) is 0 Å². The van der Waals surface area contributed by atoms with E-state index in [1.54, 1.807) is 0 Å². The largest absolute Gasteiger partial charge is 0.469 e. The van der Waals surface area contributed by atoms with Gasteiger partial charge in [-0.25, -0.2) is 0 Å². The second-order valence-electron chi connectivity index (χ2n) is 4.40. The van der Waals surface area contributed by atoms with Crippen LogP contribution in [0.4, 0.5) is 0 Å². The average molecular weight is 208 g/mol. The molecule has 82 valence electrons. The number of allylic oxidation sites excluding steroid dienone is 2. The van der Waals surface area contributed by atoms with Gasteiger partial charge in [-0.15, -0.1) is 0 Å². The van der Waals surface area contributed by atoms with Crippen molar-refractivity contribution in [2.24, 2.45) is 17.8 Å². The van der Waals surface area contributed by atoms with Crippen LogP contribution in [-0.4, -0.2) is 18.9 Å². The number of ketones is 1. The maximum absolute atomic E-state index is 11.8. The Labute approximate surface area is 89.5 Å². The lowest BCUT2D eigenvalue weighted by atomic mass is 9.69. The minimum Gasteiger partial charge on any atom is -0.469 e.